The third-order valence-corrected chi connectivity index (χ3v) is 6.64. The van der Waals surface area contributed by atoms with Gasteiger partial charge < -0.3 is 19.5 Å². The molecule has 1 aromatic heterocycles. The molecule has 0 bridgehead atoms. The predicted molar refractivity (Wildman–Crippen MR) is 133 cm³/mol. The van der Waals surface area contributed by atoms with E-state index in [0.717, 1.165) is 56.3 Å². The minimum absolute atomic E-state index is 0.111. The second-order valence-electron chi connectivity index (χ2n) is 9.10. The molecule has 3 atom stereocenters. The molecule has 1 saturated heterocycles. The van der Waals surface area contributed by atoms with Crippen molar-refractivity contribution in [1.29, 1.82) is 0 Å². The smallest absolute Gasteiger partial charge is 0.309 e. The SMILES string of the molecule is CCCCN(C=O)CCCC.CN1CC(c2ccc3c(c2)OCO3)C(C(=O)O)C1c1ccncc1. The first-order valence-electron chi connectivity index (χ1n) is 12.4. The Morgan fingerprint density at radius 1 is 1.09 bits per heavy atom. The average molecular weight is 484 g/mol. The highest BCUT2D eigenvalue weighted by Crippen LogP contribution is 2.46. The number of unbranched alkanes of at least 4 members (excludes halogenated alkanes) is 2. The molecule has 0 saturated carbocycles. The van der Waals surface area contributed by atoms with Crippen molar-refractivity contribution in [2.24, 2.45) is 5.92 Å². The van der Waals surface area contributed by atoms with Crippen molar-refractivity contribution in [2.45, 2.75) is 51.5 Å². The molecule has 2 aromatic rings. The Bertz CT molecular complexity index is 947. The van der Waals surface area contributed by atoms with Gasteiger partial charge in [0.05, 0.1) is 5.92 Å². The number of aromatic nitrogens is 1. The number of hydrogen-bond donors (Lipinski definition) is 1. The first kappa shape index (κ1) is 26.5. The van der Waals surface area contributed by atoms with Gasteiger partial charge in [-0.25, -0.2) is 0 Å². The van der Waals surface area contributed by atoms with Crippen LogP contribution in [0.15, 0.2) is 42.7 Å². The van der Waals surface area contributed by atoms with Crippen LogP contribution in [0.3, 0.4) is 0 Å². The van der Waals surface area contributed by atoms with Gasteiger partial charge in [0.15, 0.2) is 11.5 Å². The normalized spacial score (nSPS) is 20.7. The number of carboxylic acid groups (broad SMARTS) is 1. The lowest BCUT2D eigenvalue weighted by molar-refractivity contribution is -0.143. The number of likely N-dealkylation sites (N-methyl/N-ethyl adjacent to an activating group) is 1. The van der Waals surface area contributed by atoms with E-state index < -0.39 is 11.9 Å². The highest BCUT2D eigenvalue weighted by molar-refractivity contribution is 5.73. The van der Waals surface area contributed by atoms with Gasteiger partial charge in [-0.1, -0.05) is 32.8 Å². The third-order valence-electron chi connectivity index (χ3n) is 6.64. The summed E-state index contributed by atoms with van der Waals surface area (Å²) in [5, 5.41) is 9.89. The number of likely N-dealkylation sites (tertiary alicyclic amines) is 1. The summed E-state index contributed by atoms with van der Waals surface area (Å²) in [6.45, 7) is 7.03. The molecular weight excluding hydrogens is 446 g/mol. The second-order valence-corrected chi connectivity index (χ2v) is 9.10. The minimum Gasteiger partial charge on any atom is -0.481 e. The largest absolute Gasteiger partial charge is 0.481 e. The van der Waals surface area contributed by atoms with Crippen LogP contribution in [0.5, 0.6) is 11.5 Å². The molecule has 1 amide bonds. The van der Waals surface area contributed by atoms with Crippen molar-refractivity contribution >= 4 is 12.4 Å². The Kier molecular flexibility index (Phi) is 9.90. The van der Waals surface area contributed by atoms with Crippen LogP contribution in [-0.2, 0) is 9.59 Å². The topological polar surface area (TPSA) is 92.2 Å². The van der Waals surface area contributed by atoms with Crippen molar-refractivity contribution in [1.82, 2.24) is 14.8 Å². The molecule has 2 aliphatic heterocycles. The summed E-state index contributed by atoms with van der Waals surface area (Å²) < 4.78 is 10.8. The number of amides is 1. The fraction of sp³-hybridized carbons (Fsp3) is 0.519. The fourth-order valence-electron chi connectivity index (χ4n) is 4.76. The summed E-state index contributed by atoms with van der Waals surface area (Å²) in [6.07, 6.45) is 8.95. The van der Waals surface area contributed by atoms with E-state index in [1.807, 2.05) is 42.3 Å². The monoisotopic (exact) mass is 483 g/mol. The van der Waals surface area contributed by atoms with Crippen molar-refractivity contribution in [2.75, 3.05) is 33.5 Å². The van der Waals surface area contributed by atoms with Gasteiger partial charge in [0.25, 0.3) is 0 Å². The summed E-state index contributed by atoms with van der Waals surface area (Å²) in [6, 6.07) is 9.30. The molecule has 4 rings (SSSR count). The maximum absolute atomic E-state index is 12.1. The first-order valence-corrected chi connectivity index (χ1v) is 12.4. The van der Waals surface area contributed by atoms with Crippen LogP contribution < -0.4 is 9.47 Å². The molecule has 3 heterocycles. The van der Waals surface area contributed by atoms with E-state index in [4.69, 9.17) is 9.47 Å². The number of carboxylic acids is 1. The lowest BCUT2D eigenvalue weighted by atomic mass is 9.83. The number of benzene rings is 1. The molecular formula is C27H37N3O5. The maximum Gasteiger partial charge on any atom is 0.309 e. The Balaban J connectivity index is 0.000000266. The van der Waals surface area contributed by atoms with Crippen LogP contribution in [0.2, 0.25) is 0 Å². The zero-order chi connectivity index (χ0) is 25.2. The van der Waals surface area contributed by atoms with Crippen molar-refractivity contribution in [3.05, 3.63) is 53.9 Å². The number of carbonyl (C=O) groups excluding carboxylic acids is 1. The van der Waals surface area contributed by atoms with E-state index in [-0.39, 0.29) is 18.8 Å². The Labute approximate surface area is 207 Å². The van der Waals surface area contributed by atoms with Gasteiger partial charge in [-0.15, -0.1) is 0 Å². The average Bonchev–Trinajstić information content (AvgIpc) is 3.49. The number of ether oxygens (including phenoxy) is 2. The standard InChI is InChI=1S/C18H18N2O4.C9H19NO/c1-20-9-13(12-2-3-14-15(8-12)24-10-23-14)16(18(21)22)17(20)11-4-6-19-7-5-11;1-3-5-7-10(9-11)8-6-4-2/h2-8,13,16-17H,9-10H2,1H3,(H,21,22);9H,3-8H2,1-2H3. The van der Waals surface area contributed by atoms with E-state index in [1.54, 1.807) is 12.4 Å². The van der Waals surface area contributed by atoms with Crippen molar-refractivity contribution < 1.29 is 24.2 Å². The summed E-state index contributed by atoms with van der Waals surface area (Å²) in [7, 11) is 1.97. The minimum atomic E-state index is -0.788. The number of fused-ring (bicyclic) bond motifs is 1. The van der Waals surface area contributed by atoms with Crippen LogP contribution in [0.25, 0.3) is 0 Å². The fourth-order valence-corrected chi connectivity index (χ4v) is 4.76. The van der Waals surface area contributed by atoms with E-state index in [0.29, 0.717) is 18.0 Å². The highest BCUT2D eigenvalue weighted by atomic mass is 16.7. The molecule has 190 valence electrons. The summed E-state index contributed by atoms with van der Waals surface area (Å²) in [5.74, 6) is -0.0314. The Morgan fingerprint density at radius 3 is 2.34 bits per heavy atom. The van der Waals surface area contributed by atoms with Gasteiger partial charge in [0.1, 0.15) is 0 Å². The van der Waals surface area contributed by atoms with Gasteiger partial charge >= 0.3 is 5.97 Å². The Morgan fingerprint density at radius 2 is 1.74 bits per heavy atom. The van der Waals surface area contributed by atoms with Crippen molar-refractivity contribution in [3.8, 4) is 11.5 Å². The molecule has 1 N–H and O–H groups in total. The molecule has 0 aliphatic carbocycles. The third kappa shape index (κ3) is 6.72. The molecule has 1 aromatic carbocycles. The number of aliphatic carboxylic acids is 1. The van der Waals surface area contributed by atoms with Crippen LogP contribution in [0.4, 0.5) is 0 Å². The number of pyridine rings is 1. The van der Waals surface area contributed by atoms with Crippen LogP contribution in [-0.4, -0.2) is 65.7 Å². The first-order chi connectivity index (χ1) is 17.0. The highest BCUT2D eigenvalue weighted by Gasteiger charge is 2.46. The van der Waals surface area contributed by atoms with E-state index in [2.05, 4.69) is 23.7 Å². The van der Waals surface area contributed by atoms with Crippen LogP contribution >= 0.6 is 0 Å². The maximum atomic E-state index is 12.1. The summed E-state index contributed by atoms with van der Waals surface area (Å²) >= 11 is 0. The molecule has 2 aliphatic rings. The molecule has 8 heteroatoms. The zero-order valence-electron chi connectivity index (χ0n) is 20.9. The summed E-state index contributed by atoms with van der Waals surface area (Å²) in [4.78, 5) is 30.5. The van der Waals surface area contributed by atoms with E-state index in [1.165, 1.54) is 0 Å². The van der Waals surface area contributed by atoms with Gasteiger partial charge in [-0.3, -0.25) is 19.5 Å². The quantitative estimate of drug-likeness (QED) is 0.503. The number of hydrogen-bond acceptors (Lipinski definition) is 6. The lowest BCUT2D eigenvalue weighted by Gasteiger charge is -2.24. The molecule has 1 fully saturated rings. The van der Waals surface area contributed by atoms with E-state index >= 15 is 0 Å². The van der Waals surface area contributed by atoms with Crippen LogP contribution in [0.1, 0.15) is 62.6 Å². The Hall–Kier alpha value is -3.13. The van der Waals surface area contributed by atoms with Gasteiger partial charge in [0.2, 0.25) is 13.2 Å². The second kappa shape index (κ2) is 13.1. The summed E-state index contributed by atoms with van der Waals surface area (Å²) in [5.41, 5.74) is 1.94. The van der Waals surface area contributed by atoms with Crippen molar-refractivity contribution in [3.63, 3.8) is 0 Å². The predicted octanol–water partition coefficient (Wildman–Crippen LogP) is 4.33. The number of carbonyl (C=O) groups is 2. The molecule has 0 radical (unpaired) electrons. The van der Waals surface area contributed by atoms with Crippen LogP contribution in [0, 0.1) is 5.92 Å². The molecule has 3 unspecified atom stereocenters. The van der Waals surface area contributed by atoms with Gasteiger partial charge in [0, 0.05) is 44.0 Å². The van der Waals surface area contributed by atoms with Gasteiger partial charge in [-0.2, -0.15) is 0 Å². The van der Waals surface area contributed by atoms with E-state index in [9.17, 15) is 14.7 Å². The lowest BCUT2D eigenvalue weighted by Crippen LogP contribution is -2.26. The van der Waals surface area contributed by atoms with Gasteiger partial charge in [-0.05, 0) is 55.3 Å². The zero-order valence-corrected chi connectivity index (χ0v) is 20.9. The number of nitrogens with zero attached hydrogens (tertiary/aromatic N) is 3. The number of rotatable bonds is 10. The molecule has 8 nitrogen and oxygen atoms in total. The molecule has 35 heavy (non-hydrogen) atoms. The molecule has 0 spiro atoms.